The molecule has 218 valence electrons. The minimum atomic E-state index is -1.34. The standard InChI is InChI=1S/C31H29FN8O3/c1-19-9-10-35-40(19)28-6-4-3-5-26(28)37-31(43)29-11-21(32)15-39(29)30(42)17-38-16-25(20(2)41)24-12-22(7-8-27(24)38)36-23-13-33-18-34-14-23/h3-10,12-14,16,18,21,29,36H,11,15,17H2,1-2H3,(H,37,43)/t21-,29+/m1/s1. The van der Waals surface area contributed by atoms with Crippen LogP contribution in [-0.2, 0) is 16.1 Å². The van der Waals surface area contributed by atoms with E-state index in [0.717, 1.165) is 11.4 Å². The zero-order valence-electron chi connectivity index (χ0n) is 23.6. The molecule has 0 unspecified atom stereocenters. The summed E-state index contributed by atoms with van der Waals surface area (Å²) in [5.41, 5.74) is 4.55. The number of nitrogens with one attached hydrogen (secondary N) is 2. The van der Waals surface area contributed by atoms with E-state index in [1.54, 1.807) is 46.2 Å². The van der Waals surface area contributed by atoms with Gasteiger partial charge in [0.25, 0.3) is 0 Å². The van der Waals surface area contributed by atoms with Crippen molar-refractivity contribution in [3.05, 3.63) is 90.9 Å². The fourth-order valence-corrected chi connectivity index (χ4v) is 5.46. The second-order valence-corrected chi connectivity index (χ2v) is 10.5. The molecule has 1 saturated heterocycles. The number of aromatic nitrogens is 5. The second kappa shape index (κ2) is 11.5. The Labute approximate surface area is 246 Å². The Hall–Kier alpha value is -5.39. The summed E-state index contributed by atoms with van der Waals surface area (Å²) in [4.78, 5) is 48.8. The van der Waals surface area contributed by atoms with Gasteiger partial charge in [-0.3, -0.25) is 14.4 Å². The number of anilines is 3. The normalized spacial score (nSPS) is 16.4. The number of hydrogen-bond acceptors (Lipinski definition) is 7. The van der Waals surface area contributed by atoms with Crippen molar-refractivity contribution >= 4 is 45.6 Å². The van der Waals surface area contributed by atoms with E-state index in [-0.39, 0.29) is 25.3 Å². The van der Waals surface area contributed by atoms with Gasteiger partial charge in [0.05, 0.1) is 36.0 Å². The van der Waals surface area contributed by atoms with Crippen LogP contribution in [0.5, 0.6) is 0 Å². The lowest BCUT2D eigenvalue weighted by Gasteiger charge is -2.24. The molecular formula is C31H29FN8O3. The Bertz CT molecular complexity index is 1830. The van der Waals surface area contributed by atoms with Gasteiger partial charge in [-0.2, -0.15) is 5.10 Å². The molecule has 2 N–H and O–H groups in total. The summed E-state index contributed by atoms with van der Waals surface area (Å²) in [6.45, 7) is 3.00. The van der Waals surface area contributed by atoms with Crippen LogP contribution < -0.4 is 10.6 Å². The molecular weight excluding hydrogens is 551 g/mol. The molecule has 1 fully saturated rings. The quantitative estimate of drug-likeness (QED) is 0.260. The van der Waals surface area contributed by atoms with Crippen LogP contribution in [0.15, 0.2) is 79.6 Å². The monoisotopic (exact) mass is 580 g/mol. The largest absolute Gasteiger partial charge is 0.353 e. The van der Waals surface area contributed by atoms with Gasteiger partial charge in [0, 0.05) is 46.7 Å². The van der Waals surface area contributed by atoms with Gasteiger partial charge in [0.15, 0.2) is 5.78 Å². The van der Waals surface area contributed by atoms with Crippen LogP contribution >= 0.6 is 0 Å². The van der Waals surface area contributed by atoms with E-state index in [1.165, 1.54) is 18.2 Å². The summed E-state index contributed by atoms with van der Waals surface area (Å²) >= 11 is 0. The zero-order chi connectivity index (χ0) is 30.1. The van der Waals surface area contributed by atoms with Gasteiger partial charge in [-0.25, -0.2) is 19.0 Å². The maximum absolute atomic E-state index is 14.7. The first-order valence-corrected chi connectivity index (χ1v) is 13.8. The highest BCUT2D eigenvalue weighted by molar-refractivity contribution is 6.08. The maximum Gasteiger partial charge on any atom is 0.247 e. The number of hydrogen-bond donors (Lipinski definition) is 2. The van der Waals surface area contributed by atoms with E-state index >= 15 is 0 Å². The van der Waals surface area contributed by atoms with Gasteiger partial charge in [0.2, 0.25) is 11.8 Å². The van der Waals surface area contributed by atoms with Gasteiger partial charge >= 0.3 is 0 Å². The number of aryl methyl sites for hydroxylation is 1. The number of halogens is 1. The van der Waals surface area contributed by atoms with Crippen LogP contribution in [0.1, 0.15) is 29.4 Å². The molecule has 1 aliphatic rings. The number of carbonyl (C=O) groups excluding carboxylic acids is 3. The molecule has 2 aromatic carbocycles. The molecule has 11 nitrogen and oxygen atoms in total. The molecule has 0 spiro atoms. The molecule has 0 saturated carbocycles. The molecule has 3 aromatic heterocycles. The second-order valence-electron chi connectivity index (χ2n) is 10.5. The highest BCUT2D eigenvalue weighted by Crippen LogP contribution is 2.29. The number of alkyl halides is 1. The number of fused-ring (bicyclic) bond motifs is 1. The number of rotatable bonds is 8. The minimum absolute atomic E-state index is 0.107. The fraction of sp³-hybridized carbons (Fsp3) is 0.226. The SMILES string of the molecule is CC(=O)c1cn(CC(=O)N2C[C@H](F)C[C@H]2C(=O)Nc2ccccc2-n2nccc2C)c2ccc(Nc3cncnc3)cc12. The smallest absolute Gasteiger partial charge is 0.247 e. The number of para-hydroxylation sites is 2. The molecule has 2 atom stereocenters. The van der Waals surface area contributed by atoms with Crippen LogP contribution in [-0.4, -0.2) is 65.6 Å². The van der Waals surface area contributed by atoms with E-state index < -0.39 is 24.0 Å². The number of ketones is 1. The third kappa shape index (κ3) is 5.59. The lowest BCUT2D eigenvalue weighted by Crippen LogP contribution is -2.44. The van der Waals surface area contributed by atoms with E-state index in [4.69, 9.17) is 0 Å². The summed E-state index contributed by atoms with van der Waals surface area (Å²) in [5, 5.41) is 11.1. The van der Waals surface area contributed by atoms with Crippen molar-refractivity contribution in [2.45, 2.75) is 39.0 Å². The molecule has 12 heteroatoms. The molecule has 2 amide bonds. The lowest BCUT2D eigenvalue weighted by atomic mass is 10.1. The first-order chi connectivity index (χ1) is 20.8. The van der Waals surface area contributed by atoms with E-state index in [9.17, 15) is 18.8 Å². The number of likely N-dealkylation sites (tertiary alicyclic amines) is 1. The average Bonchev–Trinajstić information content (AvgIpc) is 3.70. The summed E-state index contributed by atoms with van der Waals surface area (Å²) in [6.07, 6.45) is 6.53. The van der Waals surface area contributed by atoms with Crippen LogP contribution in [0.2, 0.25) is 0 Å². The highest BCUT2D eigenvalue weighted by Gasteiger charge is 2.40. The van der Waals surface area contributed by atoms with Crippen molar-refractivity contribution in [1.29, 1.82) is 0 Å². The summed E-state index contributed by atoms with van der Waals surface area (Å²) < 4.78 is 18.1. The van der Waals surface area contributed by atoms with Crippen molar-refractivity contribution in [2.75, 3.05) is 17.2 Å². The third-order valence-corrected chi connectivity index (χ3v) is 7.51. The minimum Gasteiger partial charge on any atom is -0.353 e. The van der Waals surface area contributed by atoms with Crippen LogP contribution in [0.4, 0.5) is 21.5 Å². The Morgan fingerprint density at radius 1 is 1.05 bits per heavy atom. The molecule has 0 bridgehead atoms. The van der Waals surface area contributed by atoms with Crippen molar-refractivity contribution in [3.8, 4) is 5.69 Å². The molecule has 43 heavy (non-hydrogen) atoms. The number of carbonyl (C=O) groups is 3. The van der Waals surface area contributed by atoms with Crippen LogP contribution in [0.3, 0.4) is 0 Å². The predicted octanol–water partition coefficient (Wildman–Crippen LogP) is 4.45. The van der Waals surface area contributed by atoms with E-state index in [0.29, 0.717) is 33.5 Å². The first-order valence-electron chi connectivity index (χ1n) is 13.8. The van der Waals surface area contributed by atoms with Gasteiger partial charge in [-0.15, -0.1) is 0 Å². The van der Waals surface area contributed by atoms with Crippen molar-refractivity contribution in [3.63, 3.8) is 0 Å². The number of benzene rings is 2. The molecule has 4 heterocycles. The summed E-state index contributed by atoms with van der Waals surface area (Å²) in [7, 11) is 0. The van der Waals surface area contributed by atoms with Crippen LogP contribution in [0.25, 0.3) is 16.6 Å². The fourth-order valence-electron chi connectivity index (χ4n) is 5.46. The topological polar surface area (TPSA) is 127 Å². The van der Waals surface area contributed by atoms with Gasteiger partial charge in [-0.05, 0) is 50.2 Å². The van der Waals surface area contributed by atoms with Crippen molar-refractivity contribution in [1.82, 2.24) is 29.2 Å². The third-order valence-electron chi connectivity index (χ3n) is 7.51. The summed E-state index contributed by atoms with van der Waals surface area (Å²) in [6, 6.07) is 13.5. The maximum atomic E-state index is 14.7. The van der Waals surface area contributed by atoms with Crippen molar-refractivity contribution < 1.29 is 18.8 Å². The first kappa shape index (κ1) is 27.8. The van der Waals surface area contributed by atoms with E-state index in [2.05, 4.69) is 25.7 Å². The Morgan fingerprint density at radius 3 is 2.58 bits per heavy atom. The van der Waals surface area contributed by atoms with Gasteiger partial charge in [0.1, 0.15) is 25.1 Å². The average molecular weight is 581 g/mol. The Kier molecular flexibility index (Phi) is 7.41. The number of Topliss-reactive ketones (excluding diaryl/α,β-unsaturated/α-hetero) is 1. The number of nitrogens with zero attached hydrogens (tertiary/aromatic N) is 6. The molecule has 0 aliphatic carbocycles. The van der Waals surface area contributed by atoms with Gasteiger partial charge < -0.3 is 20.1 Å². The number of amides is 2. The lowest BCUT2D eigenvalue weighted by molar-refractivity contribution is -0.137. The molecule has 6 rings (SSSR count). The van der Waals surface area contributed by atoms with Gasteiger partial charge in [-0.1, -0.05) is 12.1 Å². The predicted molar refractivity (Wildman–Crippen MR) is 159 cm³/mol. The highest BCUT2D eigenvalue weighted by atomic mass is 19.1. The molecule has 1 aliphatic heterocycles. The van der Waals surface area contributed by atoms with Crippen LogP contribution in [0, 0.1) is 6.92 Å². The van der Waals surface area contributed by atoms with E-state index in [1.807, 2.05) is 43.3 Å². The Morgan fingerprint density at radius 2 is 1.84 bits per heavy atom. The molecule has 0 radical (unpaired) electrons. The molecule has 5 aromatic rings. The van der Waals surface area contributed by atoms with Crippen molar-refractivity contribution in [2.24, 2.45) is 0 Å². The summed E-state index contributed by atoms with van der Waals surface area (Å²) in [5.74, 6) is -1.06. The Balaban J connectivity index is 1.23. The zero-order valence-corrected chi connectivity index (χ0v) is 23.6.